The topological polar surface area (TPSA) is 73.6 Å². The van der Waals surface area contributed by atoms with Crippen LogP contribution in [0.4, 0.5) is 20.2 Å². The Labute approximate surface area is 169 Å². The van der Waals surface area contributed by atoms with E-state index in [-0.39, 0.29) is 22.7 Å². The molecule has 0 spiro atoms. The first kappa shape index (κ1) is 19.1. The van der Waals surface area contributed by atoms with Crippen LogP contribution in [0.15, 0.2) is 47.5 Å². The summed E-state index contributed by atoms with van der Waals surface area (Å²) in [4.78, 5) is 22.4. The van der Waals surface area contributed by atoms with E-state index in [1.54, 1.807) is 12.3 Å². The predicted octanol–water partition coefficient (Wildman–Crippen LogP) is 5.72. The van der Waals surface area contributed by atoms with E-state index in [9.17, 15) is 13.6 Å². The third-order valence-electron chi connectivity index (χ3n) is 4.67. The van der Waals surface area contributed by atoms with Crippen molar-refractivity contribution in [3.63, 3.8) is 0 Å². The first-order valence-electron chi connectivity index (χ1n) is 8.96. The Morgan fingerprint density at radius 3 is 2.66 bits per heavy atom. The molecule has 4 aromatic rings. The molecule has 0 radical (unpaired) electrons. The molecule has 0 saturated heterocycles. The minimum atomic E-state index is -0.578. The molecule has 3 aromatic heterocycles. The summed E-state index contributed by atoms with van der Waals surface area (Å²) in [7, 11) is 0. The molecule has 29 heavy (non-hydrogen) atoms. The van der Waals surface area contributed by atoms with Crippen molar-refractivity contribution in [3.8, 4) is 11.1 Å². The van der Waals surface area contributed by atoms with E-state index in [0.29, 0.717) is 27.4 Å². The van der Waals surface area contributed by atoms with Gasteiger partial charge in [-0.2, -0.15) is 0 Å². The van der Waals surface area contributed by atoms with Crippen LogP contribution in [0.2, 0.25) is 5.02 Å². The number of nitrogens with zero attached hydrogens (tertiary/aromatic N) is 1. The van der Waals surface area contributed by atoms with Gasteiger partial charge in [0.05, 0.1) is 23.1 Å². The number of halogens is 3. The number of pyridine rings is 2. The molecule has 0 aliphatic rings. The number of H-pyrrole nitrogens is 2. The number of nitrogens with one attached hydrogen (secondary N) is 3. The van der Waals surface area contributed by atoms with Crippen LogP contribution in [0.1, 0.15) is 25.5 Å². The summed E-state index contributed by atoms with van der Waals surface area (Å²) in [5.41, 5.74) is 1.47. The van der Waals surface area contributed by atoms with Gasteiger partial charge in [-0.3, -0.25) is 4.79 Å². The van der Waals surface area contributed by atoms with Crippen molar-refractivity contribution in [3.05, 3.63) is 75.4 Å². The molecule has 0 bridgehead atoms. The molecule has 0 unspecified atom stereocenters. The molecule has 0 amide bonds. The van der Waals surface area contributed by atoms with Crippen molar-refractivity contribution < 1.29 is 8.78 Å². The van der Waals surface area contributed by atoms with Crippen molar-refractivity contribution >= 4 is 34.0 Å². The van der Waals surface area contributed by atoms with Crippen LogP contribution in [-0.4, -0.2) is 15.0 Å². The van der Waals surface area contributed by atoms with Crippen LogP contribution < -0.4 is 10.9 Å². The molecular formula is C21H17ClF2N4O. The Morgan fingerprint density at radius 2 is 1.90 bits per heavy atom. The third kappa shape index (κ3) is 3.49. The zero-order chi connectivity index (χ0) is 20.7. The number of fused-ring (bicyclic) bond motifs is 1. The van der Waals surface area contributed by atoms with Crippen molar-refractivity contribution in [1.82, 2.24) is 15.0 Å². The van der Waals surface area contributed by atoms with Gasteiger partial charge in [0.25, 0.3) is 5.56 Å². The van der Waals surface area contributed by atoms with Gasteiger partial charge < -0.3 is 15.3 Å². The van der Waals surface area contributed by atoms with Gasteiger partial charge in [-0.25, -0.2) is 13.8 Å². The number of hydrogen-bond donors (Lipinski definition) is 3. The maximum absolute atomic E-state index is 14.5. The van der Waals surface area contributed by atoms with E-state index in [4.69, 9.17) is 11.6 Å². The second-order valence-corrected chi connectivity index (χ2v) is 7.40. The lowest BCUT2D eigenvalue weighted by Crippen LogP contribution is -2.15. The summed E-state index contributed by atoms with van der Waals surface area (Å²) >= 11 is 5.99. The van der Waals surface area contributed by atoms with Gasteiger partial charge in [0.15, 0.2) is 5.82 Å². The summed E-state index contributed by atoms with van der Waals surface area (Å²) < 4.78 is 28.9. The van der Waals surface area contributed by atoms with Gasteiger partial charge in [0.2, 0.25) is 0 Å². The third-order valence-corrected chi connectivity index (χ3v) is 4.90. The van der Waals surface area contributed by atoms with E-state index in [2.05, 4.69) is 20.3 Å². The highest BCUT2D eigenvalue weighted by Gasteiger charge is 2.18. The normalized spacial score (nSPS) is 11.4. The van der Waals surface area contributed by atoms with Gasteiger partial charge in [-0.1, -0.05) is 25.4 Å². The fraction of sp³-hybridized carbons (Fsp3) is 0.143. The van der Waals surface area contributed by atoms with Crippen LogP contribution in [0.3, 0.4) is 0 Å². The minimum absolute atomic E-state index is 0.0686. The highest BCUT2D eigenvalue weighted by atomic mass is 35.5. The van der Waals surface area contributed by atoms with Crippen LogP contribution >= 0.6 is 11.6 Å². The summed E-state index contributed by atoms with van der Waals surface area (Å²) in [6.45, 7) is 3.79. The van der Waals surface area contributed by atoms with E-state index >= 15 is 0 Å². The molecule has 5 nitrogen and oxygen atoms in total. The number of aromatic amines is 2. The summed E-state index contributed by atoms with van der Waals surface area (Å²) in [5.74, 6) is -1.20. The Bertz CT molecular complexity index is 1280. The zero-order valence-electron chi connectivity index (χ0n) is 15.6. The van der Waals surface area contributed by atoms with Crippen LogP contribution in [0, 0.1) is 11.6 Å². The number of benzene rings is 1. The number of hydrogen-bond acceptors (Lipinski definition) is 3. The molecule has 0 aliphatic heterocycles. The van der Waals surface area contributed by atoms with Gasteiger partial charge in [0, 0.05) is 27.9 Å². The molecule has 3 heterocycles. The second-order valence-electron chi connectivity index (χ2n) is 6.96. The molecule has 0 saturated carbocycles. The lowest BCUT2D eigenvalue weighted by molar-refractivity contribution is 0.627. The van der Waals surface area contributed by atoms with Crippen LogP contribution in [0.25, 0.3) is 22.2 Å². The van der Waals surface area contributed by atoms with E-state index in [0.717, 1.165) is 6.20 Å². The molecule has 0 atom stereocenters. The summed E-state index contributed by atoms with van der Waals surface area (Å²) in [6.07, 6.45) is 2.77. The lowest BCUT2D eigenvalue weighted by Gasteiger charge is -2.17. The van der Waals surface area contributed by atoms with E-state index in [1.165, 1.54) is 24.3 Å². The smallest absolute Gasteiger partial charge is 0.256 e. The quantitative estimate of drug-likeness (QED) is 0.400. The Hall–Kier alpha value is -3.19. The fourth-order valence-electron chi connectivity index (χ4n) is 3.25. The fourth-order valence-corrected chi connectivity index (χ4v) is 3.42. The highest BCUT2D eigenvalue weighted by molar-refractivity contribution is 6.30. The van der Waals surface area contributed by atoms with Gasteiger partial charge in [0.1, 0.15) is 11.5 Å². The largest absolute Gasteiger partial charge is 0.351 e. The first-order valence-corrected chi connectivity index (χ1v) is 9.34. The van der Waals surface area contributed by atoms with Crippen LogP contribution in [-0.2, 0) is 0 Å². The monoisotopic (exact) mass is 414 g/mol. The van der Waals surface area contributed by atoms with Crippen molar-refractivity contribution in [2.24, 2.45) is 0 Å². The maximum Gasteiger partial charge on any atom is 0.256 e. The van der Waals surface area contributed by atoms with E-state index < -0.39 is 17.2 Å². The molecule has 8 heteroatoms. The molecule has 3 N–H and O–H groups in total. The Morgan fingerprint density at radius 1 is 1.10 bits per heavy atom. The van der Waals surface area contributed by atoms with Crippen molar-refractivity contribution in [1.29, 1.82) is 0 Å². The standard InChI is InChI=1S/C21H17ClF2N4O/c1-10(2)18-17(27-19-12-5-6-25-20(12)26-9-16(19)24)8-14(21(29)28-18)13-7-11(22)3-4-15(13)23/h3-10H,1-2H3,(H,28,29)(H2,25,26,27). The number of anilines is 2. The molecule has 4 rings (SSSR count). The van der Waals surface area contributed by atoms with Crippen molar-refractivity contribution in [2.45, 2.75) is 19.8 Å². The zero-order valence-corrected chi connectivity index (χ0v) is 16.4. The SMILES string of the molecule is CC(C)c1[nH]c(=O)c(-c2cc(Cl)ccc2F)cc1Nc1c(F)cnc2[nH]ccc12. The number of aromatic nitrogens is 3. The summed E-state index contributed by atoms with van der Waals surface area (Å²) in [6, 6.07) is 7.21. The average Bonchev–Trinajstić information content (AvgIpc) is 3.16. The molecule has 1 aromatic carbocycles. The molecule has 0 aliphatic carbocycles. The number of rotatable bonds is 4. The minimum Gasteiger partial charge on any atom is -0.351 e. The van der Waals surface area contributed by atoms with Gasteiger partial charge >= 0.3 is 0 Å². The molecular weight excluding hydrogens is 398 g/mol. The highest BCUT2D eigenvalue weighted by Crippen LogP contribution is 2.33. The van der Waals surface area contributed by atoms with Crippen LogP contribution in [0.5, 0.6) is 0 Å². The first-order chi connectivity index (χ1) is 13.8. The molecule has 0 fully saturated rings. The second kappa shape index (κ2) is 7.33. The van der Waals surface area contributed by atoms with Gasteiger partial charge in [-0.15, -0.1) is 0 Å². The average molecular weight is 415 g/mol. The molecule has 148 valence electrons. The predicted molar refractivity (Wildman–Crippen MR) is 111 cm³/mol. The lowest BCUT2D eigenvalue weighted by atomic mass is 10.0. The van der Waals surface area contributed by atoms with E-state index in [1.807, 2.05) is 13.8 Å². The van der Waals surface area contributed by atoms with Gasteiger partial charge in [-0.05, 0) is 36.2 Å². The van der Waals surface area contributed by atoms with Crippen molar-refractivity contribution in [2.75, 3.05) is 5.32 Å². The summed E-state index contributed by atoms with van der Waals surface area (Å²) in [5, 5.41) is 3.92. The Kier molecular flexibility index (Phi) is 4.84. The Balaban J connectivity index is 1.92. The maximum atomic E-state index is 14.5.